The van der Waals surface area contributed by atoms with Crippen molar-refractivity contribution in [3.63, 3.8) is 0 Å². The quantitative estimate of drug-likeness (QED) is 0.752. The lowest BCUT2D eigenvalue weighted by Gasteiger charge is -2.13. The van der Waals surface area contributed by atoms with E-state index in [2.05, 4.69) is 15.5 Å². The van der Waals surface area contributed by atoms with Crippen LogP contribution in [0.25, 0.3) is 5.69 Å². The molecule has 0 fully saturated rings. The fraction of sp³-hybridized carbons (Fsp3) is 0.250. The number of para-hydroxylation sites is 1. The molecule has 2 aromatic carbocycles. The molecule has 1 atom stereocenters. The van der Waals surface area contributed by atoms with Crippen LogP contribution in [0.15, 0.2) is 48.7 Å². The van der Waals surface area contributed by atoms with Crippen LogP contribution in [0.4, 0.5) is 5.69 Å². The third-order valence-corrected chi connectivity index (χ3v) is 4.26. The highest BCUT2D eigenvalue weighted by molar-refractivity contribution is 6.03. The van der Waals surface area contributed by atoms with E-state index in [1.54, 1.807) is 0 Å². The number of ether oxygens (including phenoxy) is 2. The molecule has 0 radical (unpaired) electrons. The number of nitrogens with one attached hydrogen (secondary N) is 1. The summed E-state index contributed by atoms with van der Waals surface area (Å²) in [4.78, 5) is 14.1. The van der Waals surface area contributed by atoms with E-state index in [0.29, 0.717) is 18.0 Å². The predicted molar refractivity (Wildman–Crippen MR) is 101 cm³/mol. The van der Waals surface area contributed by atoms with Gasteiger partial charge in [-0.15, -0.1) is 5.10 Å². The van der Waals surface area contributed by atoms with Gasteiger partial charge in [-0.3, -0.25) is 4.79 Å². The lowest BCUT2D eigenvalue weighted by atomic mass is 10.1. The molecule has 138 valence electrons. The lowest BCUT2D eigenvalue weighted by Crippen LogP contribution is -2.14. The molecule has 1 N–H and O–H groups in total. The van der Waals surface area contributed by atoms with Crippen LogP contribution in [0, 0.1) is 0 Å². The van der Waals surface area contributed by atoms with Gasteiger partial charge in [-0.2, -0.15) is 9.90 Å². The molecule has 4 rings (SSSR count). The highest BCUT2D eigenvalue weighted by Gasteiger charge is 2.23. The largest absolute Gasteiger partial charge is 0.492 e. The van der Waals surface area contributed by atoms with Gasteiger partial charge in [0.25, 0.3) is 5.91 Å². The van der Waals surface area contributed by atoms with E-state index in [4.69, 9.17) is 9.47 Å². The monoisotopic (exact) mass is 364 g/mol. The first kappa shape index (κ1) is 17.1. The molecule has 27 heavy (non-hydrogen) atoms. The van der Waals surface area contributed by atoms with Gasteiger partial charge >= 0.3 is 0 Å². The topological polar surface area (TPSA) is 78.3 Å². The average molecular weight is 364 g/mol. The normalized spacial score (nSPS) is 15.1. The standard InChI is InChI=1S/C20H20N4O3/c1-3-26-19-10-14-9-13(2)27-18(14)11-16(19)22-20(25)17-12-21-24(23-17)15-7-5-4-6-8-15/h4-8,10-13H,3,9H2,1-2H3,(H,22,25). The van der Waals surface area contributed by atoms with Crippen molar-refractivity contribution in [3.05, 3.63) is 59.9 Å². The Morgan fingerprint density at radius 3 is 2.93 bits per heavy atom. The molecule has 0 aliphatic carbocycles. The molecule has 1 amide bonds. The second-order valence-corrected chi connectivity index (χ2v) is 6.33. The van der Waals surface area contributed by atoms with E-state index < -0.39 is 0 Å². The van der Waals surface area contributed by atoms with Crippen molar-refractivity contribution >= 4 is 11.6 Å². The Morgan fingerprint density at radius 2 is 2.15 bits per heavy atom. The number of carbonyl (C=O) groups excluding carboxylic acids is 1. The van der Waals surface area contributed by atoms with Crippen molar-refractivity contribution in [2.45, 2.75) is 26.4 Å². The molecular weight excluding hydrogens is 344 g/mol. The molecule has 0 saturated carbocycles. The Morgan fingerprint density at radius 1 is 1.33 bits per heavy atom. The van der Waals surface area contributed by atoms with Crippen LogP contribution >= 0.6 is 0 Å². The van der Waals surface area contributed by atoms with Gasteiger partial charge in [-0.25, -0.2) is 0 Å². The van der Waals surface area contributed by atoms with Crippen LogP contribution in [0.1, 0.15) is 29.9 Å². The SMILES string of the molecule is CCOc1cc2c(cc1NC(=O)c1cnn(-c3ccccc3)n1)OC(C)C2. The van der Waals surface area contributed by atoms with Gasteiger partial charge in [0.1, 0.15) is 17.6 Å². The number of hydrogen-bond donors (Lipinski definition) is 1. The van der Waals surface area contributed by atoms with E-state index >= 15 is 0 Å². The maximum atomic E-state index is 12.7. The van der Waals surface area contributed by atoms with Gasteiger partial charge in [0.05, 0.1) is 24.2 Å². The summed E-state index contributed by atoms with van der Waals surface area (Å²) in [6.07, 6.45) is 2.38. The number of amides is 1. The third kappa shape index (κ3) is 3.48. The number of anilines is 1. The first-order chi connectivity index (χ1) is 13.1. The summed E-state index contributed by atoms with van der Waals surface area (Å²) in [7, 11) is 0. The maximum Gasteiger partial charge on any atom is 0.277 e. The lowest BCUT2D eigenvalue weighted by molar-refractivity contribution is 0.102. The second kappa shape index (κ2) is 7.11. The van der Waals surface area contributed by atoms with E-state index in [1.165, 1.54) is 11.0 Å². The molecule has 2 heterocycles. The van der Waals surface area contributed by atoms with E-state index in [-0.39, 0.29) is 17.7 Å². The summed E-state index contributed by atoms with van der Waals surface area (Å²) in [5, 5.41) is 11.3. The highest BCUT2D eigenvalue weighted by atomic mass is 16.5. The van der Waals surface area contributed by atoms with Gasteiger partial charge in [-0.05, 0) is 32.0 Å². The Balaban J connectivity index is 1.58. The highest BCUT2D eigenvalue weighted by Crippen LogP contribution is 2.38. The first-order valence-corrected chi connectivity index (χ1v) is 8.89. The van der Waals surface area contributed by atoms with Gasteiger partial charge in [0.2, 0.25) is 0 Å². The third-order valence-electron chi connectivity index (χ3n) is 4.26. The van der Waals surface area contributed by atoms with Crippen molar-refractivity contribution in [1.29, 1.82) is 0 Å². The second-order valence-electron chi connectivity index (χ2n) is 6.33. The van der Waals surface area contributed by atoms with Crippen LogP contribution in [-0.2, 0) is 6.42 Å². The summed E-state index contributed by atoms with van der Waals surface area (Å²) >= 11 is 0. The van der Waals surface area contributed by atoms with Crippen LogP contribution in [0.5, 0.6) is 11.5 Å². The first-order valence-electron chi connectivity index (χ1n) is 8.89. The van der Waals surface area contributed by atoms with Crippen LogP contribution < -0.4 is 14.8 Å². The summed E-state index contributed by atoms with van der Waals surface area (Å²) in [5.74, 6) is 1.04. The predicted octanol–water partition coefficient (Wildman–Crippen LogP) is 3.24. The fourth-order valence-electron chi connectivity index (χ4n) is 3.05. The molecule has 1 aliphatic rings. The number of aromatic nitrogens is 3. The Kier molecular flexibility index (Phi) is 4.50. The van der Waals surface area contributed by atoms with Gasteiger partial charge in [0, 0.05) is 18.1 Å². The molecule has 3 aromatic rings. The number of carbonyl (C=O) groups is 1. The minimum atomic E-state index is -0.357. The van der Waals surface area contributed by atoms with Crippen molar-refractivity contribution < 1.29 is 14.3 Å². The molecule has 1 aliphatic heterocycles. The number of hydrogen-bond acceptors (Lipinski definition) is 5. The van der Waals surface area contributed by atoms with Crippen molar-refractivity contribution in [3.8, 4) is 17.2 Å². The maximum absolute atomic E-state index is 12.7. The minimum Gasteiger partial charge on any atom is -0.492 e. The summed E-state index contributed by atoms with van der Waals surface area (Å²) in [6.45, 7) is 4.42. The number of benzene rings is 2. The summed E-state index contributed by atoms with van der Waals surface area (Å²) in [5.41, 5.74) is 2.64. The molecule has 1 aromatic heterocycles. The van der Waals surface area contributed by atoms with E-state index in [1.807, 2.05) is 56.3 Å². The number of fused-ring (bicyclic) bond motifs is 1. The van der Waals surface area contributed by atoms with E-state index in [9.17, 15) is 4.79 Å². The fourth-order valence-corrected chi connectivity index (χ4v) is 3.05. The average Bonchev–Trinajstić information content (AvgIpc) is 3.29. The number of nitrogens with zero attached hydrogens (tertiary/aromatic N) is 3. The smallest absolute Gasteiger partial charge is 0.277 e. The summed E-state index contributed by atoms with van der Waals surface area (Å²) < 4.78 is 11.5. The minimum absolute atomic E-state index is 0.117. The Labute approximate surface area is 156 Å². The van der Waals surface area contributed by atoms with Crippen molar-refractivity contribution in [2.75, 3.05) is 11.9 Å². The van der Waals surface area contributed by atoms with Gasteiger partial charge in [-0.1, -0.05) is 18.2 Å². The molecule has 0 spiro atoms. The summed E-state index contributed by atoms with van der Waals surface area (Å²) in [6, 6.07) is 13.2. The zero-order valence-electron chi connectivity index (χ0n) is 15.2. The molecule has 7 heteroatoms. The van der Waals surface area contributed by atoms with Crippen LogP contribution in [0.3, 0.4) is 0 Å². The molecule has 1 unspecified atom stereocenters. The number of rotatable bonds is 5. The van der Waals surface area contributed by atoms with Crippen molar-refractivity contribution in [2.24, 2.45) is 0 Å². The van der Waals surface area contributed by atoms with E-state index in [0.717, 1.165) is 23.4 Å². The zero-order valence-corrected chi connectivity index (χ0v) is 15.2. The van der Waals surface area contributed by atoms with Gasteiger partial charge < -0.3 is 14.8 Å². The van der Waals surface area contributed by atoms with Gasteiger partial charge in [0.15, 0.2) is 5.69 Å². The Hall–Kier alpha value is -3.35. The van der Waals surface area contributed by atoms with Crippen molar-refractivity contribution in [1.82, 2.24) is 15.0 Å². The molecule has 0 bridgehead atoms. The Bertz CT molecular complexity index is 969. The van der Waals surface area contributed by atoms with Crippen LogP contribution in [0.2, 0.25) is 0 Å². The zero-order chi connectivity index (χ0) is 18.8. The molecular formula is C20H20N4O3. The molecule has 7 nitrogen and oxygen atoms in total. The van der Waals surface area contributed by atoms with Crippen LogP contribution in [-0.4, -0.2) is 33.6 Å². The molecule has 0 saturated heterocycles.